The zero-order chi connectivity index (χ0) is 11.3. The molecule has 0 atom stereocenters. The van der Waals surface area contributed by atoms with Crippen LogP contribution in [0.25, 0.3) is 0 Å². The van der Waals surface area contributed by atoms with Crippen molar-refractivity contribution in [3.05, 3.63) is 18.2 Å². The molecule has 0 N–H and O–H groups in total. The molecule has 1 heterocycles. The number of ether oxygens (including phenoxy) is 2. The van der Waals surface area contributed by atoms with Crippen molar-refractivity contribution in [1.29, 1.82) is 0 Å². The van der Waals surface area contributed by atoms with Gasteiger partial charge in [0, 0.05) is 40.2 Å². The van der Waals surface area contributed by atoms with E-state index in [1.54, 1.807) is 20.4 Å². The number of hydrogen-bond acceptors (Lipinski definition) is 4. The summed E-state index contributed by atoms with van der Waals surface area (Å²) in [6, 6.07) is 0. The van der Waals surface area contributed by atoms with Crippen molar-refractivity contribution in [2.45, 2.75) is 12.8 Å². The van der Waals surface area contributed by atoms with E-state index in [-0.39, 0.29) is 6.29 Å². The predicted molar refractivity (Wildman–Crippen MR) is 57.3 cm³/mol. The number of imidazole rings is 1. The summed E-state index contributed by atoms with van der Waals surface area (Å²) in [6.07, 6.45) is 3.55. The number of methoxy groups -OCH3 is 2. The lowest BCUT2D eigenvalue weighted by molar-refractivity contribution is -0.114. The van der Waals surface area contributed by atoms with Gasteiger partial charge in [-0.05, 0) is 7.05 Å². The zero-order valence-corrected chi connectivity index (χ0v) is 9.80. The predicted octanol–water partition coefficient (Wildman–Crippen LogP) is 0.471. The molecule has 86 valence electrons. The Hall–Kier alpha value is -0.910. The number of aryl methyl sites for hydroxylation is 1. The van der Waals surface area contributed by atoms with Crippen molar-refractivity contribution in [2.75, 3.05) is 27.8 Å². The average Bonchev–Trinajstić information content (AvgIpc) is 2.61. The fourth-order valence-electron chi connectivity index (χ4n) is 1.35. The van der Waals surface area contributed by atoms with Crippen LogP contribution in [0, 0.1) is 0 Å². The minimum absolute atomic E-state index is 0.185. The van der Waals surface area contributed by atoms with E-state index in [2.05, 4.69) is 9.88 Å². The summed E-state index contributed by atoms with van der Waals surface area (Å²) in [5, 5.41) is 0. The third-order valence-electron chi connectivity index (χ3n) is 2.32. The second kappa shape index (κ2) is 5.85. The average molecular weight is 213 g/mol. The molecule has 0 unspecified atom stereocenters. The quantitative estimate of drug-likeness (QED) is 0.644. The highest BCUT2D eigenvalue weighted by Gasteiger charge is 2.11. The van der Waals surface area contributed by atoms with Crippen LogP contribution in [-0.2, 0) is 23.1 Å². The normalized spacial score (nSPS) is 11.6. The highest BCUT2D eigenvalue weighted by molar-refractivity contribution is 4.90. The largest absolute Gasteiger partial charge is 0.355 e. The Morgan fingerprint density at radius 1 is 1.47 bits per heavy atom. The van der Waals surface area contributed by atoms with Crippen LogP contribution in [-0.4, -0.2) is 48.6 Å². The van der Waals surface area contributed by atoms with Gasteiger partial charge in [-0.1, -0.05) is 0 Å². The molecular formula is C10H19N3O2. The summed E-state index contributed by atoms with van der Waals surface area (Å²) in [6.45, 7) is 1.51. The van der Waals surface area contributed by atoms with Gasteiger partial charge in [-0.2, -0.15) is 0 Å². The Kier molecular flexibility index (Phi) is 4.74. The summed E-state index contributed by atoms with van der Waals surface area (Å²) in [5.74, 6) is 1.03. The summed E-state index contributed by atoms with van der Waals surface area (Å²) in [4.78, 5) is 6.37. The first-order chi connectivity index (χ1) is 7.17. The van der Waals surface area contributed by atoms with Gasteiger partial charge >= 0.3 is 0 Å². The minimum atomic E-state index is -0.185. The van der Waals surface area contributed by atoms with Gasteiger partial charge in [-0.15, -0.1) is 0 Å². The highest BCUT2D eigenvalue weighted by Crippen LogP contribution is 2.01. The van der Waals surface area contributed by atoms with Crippen LogP contribution in [0.3, 0.4) is 0 Å². The monoisotopic (exact) mass is 213 g/mol. The molecule has 0 aliphatic rings. The Morgan fingerprint density at radius 3 is 2.60 bits per heavy atom. The van der Waals surface area contributed by atoms with E-state index in [4.69, 9.17) is 9.47 Å². The second-order valence-electron chi connectivity index (χ2n) is 3.55. The summed E-state index contributed by atoms with van der Waals surface area (Å²) in [5.41, 5.74) is 0. The number of nitrogens with zero attached hydrogens (tertiary/aromatic N) is 3. The maximum absolute atomic E-state index is 5.13. The molecule has 0 aliphatic heterocycles. The van der Waals surface area contributed by atoms with Gasteiger partial charge in [0.1, 0.15) is 5.82 Å². The molecule has 0 saturated heterocycles. The van der Waals surface area contributed by atoms with Gasteiger partial charge in [0.2, 0.25) is 0 Å². The van der Waals surface area contributed by atoms with Crippen molar-refractivity contribution >= 4 is 0 Å². The van der Waals surface area contributed by atoms with Crippen LogP contribution in [0.2, 0.25) is 0 Å². The number of likely N-dealkylation sites (N-methyl/N-ethyl adjacent to an activating group) is 1. The van der Waals surface area contributed by atoms with E-state index < -0.39 is 0 Å². The molecule has 1 rings (SSSR count). The molecule has 0 saturated carbocycles. The van der Waals surface area contributed by atoms with E-state index in [0.717, 1.165) is 18.9 Å². The van der Waals surface area contributed by atoms with Crippen molar-refractivity contribution in [1.82, 2.24) is 14.5 Å². The summed E-state index contributed by atoms with van der Waals surface area (Å²) < 4.78 is 12.3. The van der Waals surface area contributed by atoms with Crippen molar-refractivity contribution < 1.29 is 9.47 Å². The first-order valence-electron chi connectivity index (χ1n) is 4.87. The highest BCUT2D eigenvalue weighted by atomic mass is 16.7. The van der Waals surface area contributed by atoms with Gasteiger partial charge in [-0.25, -0.2) is 4.98 Å². The molecule has 1 aromatic rings. The molecule has 0 radical (unpaired) electrons. The third-order valence-corrected chi connectivity index (χ3v) is 2.32. The van der Waals surface area contributed by atoms with Gasteiger partial charge in [0.25, 0.3) is 0 Å². The fraction of sp³-hybridized carbons (Fsp3) is 0.700. The fourth-order valence-corrected chi connectivity index (χ4v) is 1.35. The Labute approximate surface area is 90.6 Å². The number of rotatable bonds is 6. The van der Waals surface area contributed by atoms with Crippen LogP contribution in [0.1, 0.15) is 5.82 Å². The minimum Gasteiger partial charge on any atom is -0.355 e. The van der Waals surface area contributed by atoms with E-state index >= 15 is 0 Å². The summed E-state index contributed by atoms with van der Waals surface area (Å²) >= 11 is 0. The molecule has 0 amide bonds. The molecule has 5 heteroatoms. The van der Waals surface area contributed by atoms with E-state index in [1.807, 2.05) is 24.9 Å². The van der Waals surface area contributed by atoms with Gasteiger partial charge < -0.3 is 14.0 Å². The number of hydrogen-bond donors (Lipinski definition) is 0. The van der Waals surface area contributed by atoms with Gasteiger partial charge in [0.05, 0.1) is 6.54 Å². The maximum atomic E-state index is 5.13. The first kappa shape index (κ1) is 12.2. The van der Waals surface area contributed by atoms with E-state index in [1.165, 1.54) is 0 Å². The molecule has 1 aromatic heterocycles. The Bertz CT molecular complexity index is 284. The van der Waals surface area contributed by atoms with Crippen LogP contribution in [0.4, 0.5) is 0 Å². The Morgan fingerprint density at radius 2 is 2.13 bits per heavy atom. The topological polar surface area (TPSA) is 39.5 Å². The van der Waals surface area contributed by atoms with Crippen LogP contribution in [0.5, 0.6) is 0 Å². The maximum Gasteiger partial charge on any atom is 0.169 e. The Balaban J connectivity index is 2.42. The van der Waals surface area contributed by atoms with Crippen molar-refractivity contribution in [3.63, 3.8) is 0 Å². The third kappa shape index (κ3) is 3.62. The van der Waals surface area contributed by atoms with E-state index in [9.17, 15) is 0 Å². The second-order valence-corrected chi connectivity index (χ2v) is 3.55. The molecule has 15 heavy (non-hydrogen) atoms. The lowest BCUT2D eigenvalue weighted by atomic mass is 10.4. The van der Waals surface area contributed by atoms with E-state index in [0.29, 0.717) is 0 Å². The molecule has 0 fully saturated rings. The van der Waals surface area contributed by atoms with Crippen molar-refractivity contribution in [2.24, 2.45) is 7.05 Å². The SMILES string of the molecule is COC(CN(C)Cc1nccn1C)OC. The molecule has 0 bridgehead atoms. The lowest BCUT2D eigenvalue weighted by Gasteiger charge is -2.21. The van der Waals surface area contributed by atoms with Crippen LogP contribution in [0.15, 0.2) is 12.4 Å². The smallest absolute Gasteiger partial charge is 0.169 e. The number of aromatic nitrogens is 2. The molecule has 5 nitrogen and oxygen atoms in total. The first-order valence-corrected chi connectivity index (χ1v) is 4.87. The van der Waals surface area contributed by atoms with Crippen molar-refractivity contribution in [3.8, 4) is 0 Å². The molecular weight excluding hydrogens is 194 g/mol. The lowest BCUT2D eigenvalue weighted by Crippen LogP contribution is -2.32. The standard InChI is InChI=1S/C10H19N3O2/c1-12(8-10(14-3)15-4)7-9-11-5-6-13(9)2/h5-6,10H,7-8H2,1-4H3. The molecule has 0 aliphatic carbocycles. The zero-order valence-electron chi connectivity index (χ0n) is 9.80. The summed E-state index contributed by atoms with van der Waals surface area (Å²) in [7, 11) is 7.28. The van der Waals surface area contributed by atoms with Crippen LogP contribution >= 0.6 is 0 Å². The molecule has 0 aromatic carbocycles. The van der Waals surface area contributed by atoms with Gasteiger partial charge in [0.15, 0.2) is 6.29 Å². The van der Waals surface area contributed by atoms with Crippen LogP contribution < -0.4 is 0 Å². The molecule has 0 spiro atoms. The van der Waals surface area contributed by atoms with Gasteiger partial charge in [-0.3, -0.25) is 4.90 Å².